The van der Waals surface area contributed by atoms with Crippen LogP contribution >= 0.6 is 0 Å². The van der Waals surface area contributed by atoms with Crippen LogP contribution in [0.25, 0.3) is 0 Å². The largest absolute Gasteiger partial charge is 0.462 e. The molecule has 6 unspecified atom stereocenters. The lowest BCUT2D eigenvalue weighted by molar-refractivity contribution is -0.297. The second-order valence-electron chi connectivity index (χ2n) is 16.8. The average molecular weight is 887 g/mol. The molecule has 0 saturated carbocycles. The highest BCUT2D eigenvalue weighted by atomic mass is 32.2. The highest BCUT2D eigenvalue weighted by Crippen LogP contribution is 2.24. The Kier molecular flexibility index (Phi) is 35.8. The van der Waals surface area contributed by atoms with Crippen LogP contribution in [0.1, 0.15) is 200 Å². The molecule has 0 aromatic heterocycles. The molecule has 1 rings (SSSR count). The van der Waals surface area contributed by atoms with Crippen molar-refractivity contribution in [1.29, 1.82) is 0 Å². The van der Waals surface area contributed by atoms with Crippen LogP contribution in [-0.2, 0) is 38.7 Å². The highest BCUT2D eigenvalue weighted by Gasteiger charge is 2.46. The number of esters is 2. The summed E-state index contributed by atoms with van der Waals surface area (Å²) in [6.07, 6.45) is 34.7. The number of ether oxygens (including phenoxy) is 4. The Labute approximate surface area is 370 Å². The van der Waals surface area contributed by atoms with Gasteiger partial charge in [0.2, 0.25) is 0 Å². The number of rotatable bonds is 40. The summed E-state index contributed by atoms with van der Waals surface area (Å²) in [4.78, 5) is 25.4. The zero-order valence-electron chi connectivity index (χ0n) is 38.0. The zero-order chi connectivity index (χ0) is 44.8. The predicted octanol–water partition coefficient (Wildman–Crippen LogP) is 10.2. The number of allylic oxidation sites excluding steroid dienone is 6. The van der Waals surface area contributed by atoms with Gasteiger partial charge in [0.05, 0.1) is 6.61 Å². The monoisotopic (exact) mass is 887 g/mol. The van der Waals surface area contributed by atoms with Crippen LogP contribution in [0.5, 0.6) is 0 Å². The summed E-state index contributed by atoms with van der Waals surface area (Å²) in [5.41, 5.74) is 0. The second-order valence-corrected chi connectivity index (χ2v) is 18.2. The first-order chi connectivity index (χ1) is 29.5. The fraction of sp³-hybridized carbons (Fsp3) is 0.833. The minimum Gasteiger partial charge on any atom is -0.462 e. The Balaban J connectivity index is 2.41. The molecule has 1 heterocycles. The maximum Gasteiger partial charge on any atom is 0.306 e. The number of unbranched alkanes of at least 4 members (excludes halogenated alkanes) is 22. The van der Waals surface area contributed by atoms with E-state index in [2.05, 4.69) is 50.3 Å². The van der Waals surface area contributed by atoms with Crippen molar-refractivity contribution in [3.63, 3.8) is 0 Å². The summed E-state index contributed by atoms with van der Waals surface area (Å²) < 4.78 is 54.1. The smallest absolute Gasteiger partial charge is 0.306 e. The summed E-state index contributed by atoms with van der Waals surface area (Å²) in [5.74, 6) is -2.00. The summed E-state index contributed by atoms with van der Waals surface area (Å²) in [5, 5.41) is 30.9. The van der Waals surface area contributed by atoms with Crippen LogP contribution < -0.4 is 0 Å². The van der Waals surface area contributed by atoms with E-state index in [1.165, 1.54) is 89.9 Å². The van der Waals surface area contributed by atoms with Gasteiger partial charge < -0.3 is 34.3 Å². The Morgan fingerprint density at radius 3 is 1.54 bits per heavy atom. The molecule has 1 aliphatic heterocycles. The Morgan fingerprint density at radius 1 is 0.574 bits per heavy atom. The molecule has 12 nitrogen and oxygen atoms in total. The molecule has 1 fully saturated rings. The first kappa shape index (κ1) is 56.9. The Morgan fingerprint density at radius 2 is 1.03 bits per heavy atom. The molecule has 6 atom stereocenters. The van der Waals surface area contributed by atoms with E-state index in [1.807, 2.05) is 0 Å². The van der Waals surface area contributed by atoms with Gasteiger partial charge in [-0.2, -0.15) is 8.42 Å². The molecule has 1 aliphatic rings. The van der Waals surface area contributed by atoms with Crippen LogP contribution in [-0.4, -0.2) is 96.0 Å². The maximum absolute atomic E-state index is 12.8. The van der Waals surface area contributed by atoms with Crippen LogP contribution in [0.2, 0.25) is 0 Å². The van der Waals surface area contributed by atoms with Crippen molar-refractivity contribution >= 4 is 22.1 Å². The molecular formula is C48H86O12S. The molecule has 0 amide bonds. The van der Waals surface area contributed by atoms with Crippen molar-refractivity contribution in [2.75, 3.05) is 19.0 Å². The number of aliphatic hydroxyl groups excluding tert-OH is 3. The Hall–Kier alpha value is -2.13. The molecule has 0 radical (unpaired) electrons. The number of carbonyl (C=O) groups excluding carboxylic acids is 2. The molecule has 356 valence electrons. The van der Waals surface area contributed by atoms with Gasteiger partial charge in [0, 0.05) is 12.8 Å². The zero-order valence-corrected chi connectivity index (χ0v) is 38.8. The minimum atomic E-state index is -4.60. The quantitative estimate of drug-likeness (QED) is 0.0198. The molecule has 0 aliphatic carbocycles. The summed E-state index contributed by atoms with van der Waals surface area (Å²) >= 11 is 0. The van der Waals surface area contributed by atoms with Gasteiger partial charge in [-0.05, 0) is 44.9 Å². The van der Waals surface area contributed by atoms with E-state index in [-0.39, 0.29) is 19.4 Å². The molecule has 0 bridgehead atoms. The molecule has 0 spiro atoms. The van der Waals surface area contributed by atoms with Gasteiger partial charge in [0.25, 0.3) is 10.1 Å². The van der Waals surface area contributed by atoms with Gasteiger partial charge in [-0.25, -0.2) is 0 Å². The topological polar surface area (TPSA) is 186 Å². The van der Waals surface area contributed by atoms with Crippen LogP contribution in [0.15, 0.2) is 36.5 Å². The number of aliphatic hydroxyl groups is 3. The molecule has 0 aromatic carbocycles. The molecule has 0 aromatic rings. The SMILES string of the molecule is CC/C=C\C/C=C\C/C=C\CCCCCCCC(=O)OC(COC(=O)CCCCCCCCCCCCCCCCCCCC)COC1OC(CS(=O)(=O)O)C(O)C(O)C1O. The summed E-state index contributed by atoms with van der Waals surface area (Å²) in [7, 11) is -4.60. The van der Waals surface area contributed by atoms with E-state index in [0.29, 0.717) is 12.8 Å². The maximum atomic E-state index is 12.8. The van der Waals surface area contributed by atoms with Gasteiger partial charge in [0.1, 0.15) is 36.8 Å². The van der Waals surface area contributed by atoms with Crippen molar-refractivity contribution in [2.45, 2.75) is 237 Å². The van der Waals surface area contributed by atoms with Gasteiger partial charge in [-0.3, -0.25) is 14.1 Å². The fourth-order valence-electron chi connectivity index (χ4n) is 7.28. The van der Waals surface area contributed by atoms with Crippen molar-refractivity contribution in [2.24, 2.45) is 0 Å². The normalized spacial score (nSPS) is 20.3. The van der Waals surface area contributed by atoms with E-state index < -0.39 is 71.2 Å². The fourth-order valence-corrected chi connectivity index (χ4v) is 7.97. The van der Waals surface area contributed by atoms with Crippen LogP contribution in [0, 0.1) is 0 Å². The first-order valence-corrected chi connectivity index (χ1v) is 25.7. The molecule has 61 heavy (non-hydrogen) atoms. The molecular weight excluding hydrogens is 801 g/mol. The van der Waals surface area contributed by atoms with E-state index in [0.717, 1.165) is 70.6 Å². The lowest BCUT2D eigenvalue weighted by Gasteiger charge is -2.40. The lowest BCUT2D eigenvalue weighted by atomic mass is 10.00. The van der Waals surface area contributed by atoms with Crippen molar-refractivity contribution in [3.8, 4) is 0 Å². The average Bonchev–Trinajstić information content (AvgIpc) is 3.22. The van der Waals surface area contributed by atoms with Crippen molar-refractivity contribution in [1.82, 2.24) is 0 Å². The van der Waals surface area contributed by atoms with Gasteiger partial charge >= 0.3 is 11.9 Å². The minimum absolute atomic E-state index is 0.146. The van der Waals surface area contributed by atoms with Gasteiger partial charge in [-0.1, -0.05) is 179 Å². The third-order valence-corrected chi connectivity index (χ3v) is 11.7. The third kappa shape index (κ3) is 33.1. The molecule has 13 heteroatoms. The third-order valence-electron chi connectivity index (χ3n) is 11.0. The molecule has 1 saturated heterocycles. The summed E-state index contributed by atoms with van der Waals surface area (Å²) in [6.45, 7) is 3.65. The first-order valence-electron chi connectivity index (χ1n) is 24.0. The lowest BCUT2D eigenvalue weighted by Crippen LogP contribution is -2.60. The van der Waals surface area contributed by atoms with E-state index in [4.69, 9.17) is 18.9 Å². The van der Waals surface area contributed by atoms with Crippen LogP contribution in [0.3, 0.4) is 0 Å². The van der Waals surface area contributed by atoms with Crippen molar-refractivity contribution in [3.05, 3.63) is 36.5 Å². The predicted molar refractivity (Wildman–Crippen MR) is 243 cm³/mol. The second kappa shape index (κ2) is 38.3. The summed E-state index contributed by atoms with van der Waals surface area (Å²) in [6, 6.07) is 0. The Bertz CT molecular complexity index is 1270. The van der Waals surface area contributed by atoms with Gasteiger partial charge in [-0.15, -0.1) is 0 Å². The number of hydrogen-bond donors (Lipinski definition) is 4. The standard InChI is InChI=1S/C48H86O12S/c1-3-5-7-9-11-13-15-17-19-20-21-23-24-26-28-30-32-34-36-43(49)57-38-41(39-58-48-47(53)46(52)45(51)42(60-48)40-61(54,55)56)59-44(50)37-35-33-31-29-27-25-22-18-16-14-12-10-8-6-4-2/h6,8,12,14,18,22,41-42,45-48,51-53H,3-5,7,9-11,13,15-17,19-21,23-40H2,1-2H3,(H,54,55,56)/b8-6-,14-12-,22-18-. The number of hydrogen-bond acceptors (Lipinski definition) is 11. The van der Waals surface area contributed by atoms with E-state index in [9.17, 15) is 37.9 Å². The molecule has 4 N–H and O–H groups in total. The van der Waals surface area contributed by atoms with E-state index >= 15 is 0 Å². The van der Waals surface area contributed by atoms with Gasteiger partial charge in [0.15, 0.2) is 12.4 Å². The van der Waals surface area contributed by atoms with Crippen LogP contribution in [0.4, 0.5) is 0 Å². The highest BCUT2D eigenvalue weighted by molar-refractivity contribution is 7.85. The van der Waals surface area contributed by atoms with E-state index in [1.54, 1.807) is 0 Å². The van der Waals surface area contributed by atoms with Crippen molar-refractivity contribution < 1.29 is 56.8 Å². The number of carbonyl (C=O) groups is 2.